The molecule has 1 N–H and O–H groups in total. The minimum absolute atomic E-state index is 0.0101. The number of benzene rings is 2. The zero-order valence-corrected chi connectivity index (χ0v) is 14.0. The van der Waals surface area contributed by atoms with E-state index in [1.54, 1.807) is 0 Å². The number of alkyl halides is 2. The number of non-ortho nitro benzene ring substituents is 1. The molecule has 2 rings (SSSR count). The van der Waals surface area contributed by atoms with Crippen molar-refractivity contribution in [3.05, 3.63) is 62.1 Å². The summed E-state index contributed by atoms with van der Waals surface area (Å²) in [6.45, 7) is 0. The third-order valence-electron chi connectivity index (χ3n) is 2.83. The van der Waals surface area contributed by atoms with Gasteiger partial charge in [-0.3, -0.25) is 14.9 Å². The van der Waals surface area contributed by atoms with Crippen molar-refractivity contribution in [2.75, 3.05) is 5.32 Å². The molecule has 0 aliphatic carbocycles. The van der Waals surface area contributed by atoms with Crippen molar-refractivity contribution in [3.63, 3.8) is 0 Å². The van der Waals surface area contributed by atoms with Gasteiger partial charge in [-0.15, -0.1) is 0 Å². The first kappa shape index (κ1) is 18.4. The van der Waals surface area contributed by atoms with E-state index >= 15 is 0 Å². The Hall–Kier alpha value is -1.90. The highest BCUT2D eigenvalue weighted by Crippen LogP contribution is 2.38. The van der Waals surface area contributed by atoms with Crippen LogP contribution < -0.4 is 5.32 Å². The van der Waals surface area contributed by atoms with Crippen molar-refractivity contribution >= 4 is 52.2 Å². The van der Waals surface area contributed by atoms with Gasteiger partial charge in [-0.25, -0.2) is 0 Å². The SMILES string of the molecule is O=C(Nc1cccc(Cl)c1SC(F)F)c1cc([N+](=O)[O-])ccc1Cl. The fourth-order valence-corrected chi connectivity index (χ4v) is 2.92. The van der Waals surface area contributed by atoms with Gasteiger partial charge in [0.1, 0.15) is 0 Å². The number of halogens is 4. The van der Waals surface area contributed by atoms with Crippen molar-refractivity contribution in [1.82, 2.24) is 0 Å². The van der Waals surface area contributed by atoms with Crippen molar-refractivity contribution in [2.45, 2.75) is 10.7 Å². The van der Waals surface area contributed by atoms with E-state index in [2.05, 4.69) is 5.32 Å². The molecule has 0 bridgehead atoms. The summed E-state index contributed by atoms with van der Waals surface area (Å²) in [5.41, 5.74) is -0.419. The number of carbonyl (C=O) groups is 1. The lowest BCUT2D eigenvalue weighted by atomic mass is 10.2. The number of hydrogen-bond acceptors (Lipinski definition) is 4. The topological polar surface area (TPSA) is 72.2 Å². The minimum Gasteiger partial charge on any atom is -0.321 e. The molecule has 0 spiro atoms. The standard InChI is InChI=1S/C14H8Cl2F2N2O3S/c15-9-5-4-7(20(22)23)6-8(9)13(21)19-11-3-1-2-10(16)12(11)24-14(17)18/h1-6,14H,(H,19,21). The third kappa shape index (κ3) is 4.34. The van der Waals surface area contributed by atoms with Crippen LogP contribution in [0.2, 0.25) is 10.0 Å². The number of rotatable bonds is 5. The molecule has 0 aliphatic heterocycles. The molecular formula is C14H8Cl2F2N2O3S. The Labute approximate surface area is 149 Å². The van der Waals surface area contributed by atoms with Crippen LogP contribution in [-0.2, 0) is 0 Å². The minimum atomic E-state index is -2.73. The summed E-state index contributed by atoms with van der Waals surface area (Å²) in [5.74, 6) is -3.51. The van der Waals surface area contributed by atoms with Gasteiger partial charge in [-0.1, -0.05) is 41.0 Å². The first-order chi connectivity index (χ1) is 11.3. The molecule has 24 heavy (non-hydrogen) atoms. The molecule has 0 aromatic heterocycles. The number of anilines is 1. The van der Waals surface area contributed by atoms with Gasteiger partial charge in [0.05, 0.1) is 31.1 Å². The Balaban J connectivity index is 2.35. The van der Waals surface area contributed by atoms with Crippen LogP contribution in [0.25, 0.3) is 0 Å². The van der Waals surface area contributed by atoms with Gasteiger partial charge in [0.2, 0.25) is 0 Å². The monoisotopic (exact) mass is 392 g/mol. The molecule has 2 aromatic carbocycles. The fourth-order valence-electron chi connectivity index (χ4n) is 1.81. The zero-order chi connectivity index (χ0) is 17.9. The van der Waals surface area contributed by atoms with Crippen LogP contribution in [0, 0.1) is 10.1 Å². The predicted octanol–water partition coefficient (Wildman–Crippen LogP) is 5.47. The second-order valence-electron chi connectivity index (χ2n) is 4.37. The lowest BCUT2D eigenvalue weighted by Gasteiger charge is -2.12. The molecule has 0 unspecified atom stereocenters. The Bertz CT molecular complexity index is 806. The Morgan fingerprint density at radius 2 is 1.92 bits per heavy atom. The number of nitrogens with zero attached hydrogens (tertiary/aromatic N) is 1. The quantitative estimate of drug-likeness (QED) is 0.416. The molecule has 0 fully saturated rings. The summed E-state index contributed by atoms with van der Waals surface area (Å²) in [4.78, 5) is 22.4. The summed E-state index contributed by atoms with van der Waals surface area (Å²) in [7, 11) is 0. The maximum absolute atomic E-state index is 12.6. The van der Waals surface area contributed by atoms with Crippen molar-refractivity contribution in [1.29, 1.82) is 0 Å². The Kier molecular flexibility index (Phi) is 5.98. The molecule has 2 aromatic rings. The lowest BCUT2D eigenvalue weighted by Crippen LogP contribution is -2.13. The molecule has 5 nitrogen and oxygen atoms in total. The smallest absolute Gasteiger partial charge is 0.289 e. The number of hydrogen-bond donors (Lipinski definition) is 1. The van der Waals surface area contributed by atoms with Crippen molar-refractivity contribution < 1.29 is 18.5 Å². The van der Waals surface area contributed by atoms with E-state index in [0.29, 0.717) is 0 Å². The molecule has 126 valence electrons. The second-order valence-corrected chi connectivity index (χ2v) is 6.19. The maximum Gasteiger partial charge on any atom is 0.289 e. The number of nitro benzene ring substituents is 1. The third-order valence-corrected chi connectivity index (χ3v) is 4.44. The molecule has 0 radical (unpaired) electrons. The van der Waals surface area contributed by atoms with Gasteiger partial charge in [-0.2, -0.15) is 8.78 Å². The predicted molar refractivity (Wildman–Crippen MR) is 89.4 cm³/mol. The van der Waals surface area contributed by atoms with Crippen LogP contribution in [0.15, 0.2) is 41.3 Å². The van der Waals surface area contributed by atoms with Crippen LogP contribution >= 0.6 is 35.0 Å². The highest BCUT2D eigenvalue weighted by molar-refractivity contribution is 7.99. The normalized spacial score (nSPS) is 10.7. The van der Waals surface area contributed by atoms with Crippen molar-refractivity contribution in [2.24, 2.45) is 0 Å². The van der Waals surface area contributed by atoms with Crippen LogP contribution in [0.5, 0.6) is 0 Å². The fraction of sp³-hybridized carbons (Fsp3) is 0.0714. The van der Waals surface area contributed by atoms with Gasteiger partial charge in [0, 0.05) is 12.1 Å². The first-order valence-electron chi connectivity index (χ1n) is 6.28. The van der Waals surface area contributed by atoms with Crippen molar-refractivity contribution in [3.8, 4) is 0 Å². The summed E-state index contributed by atoms with van der Waals surface area (Å²) < 4.78 is 25.3. The summed E-state index contributed by atoms with van der Waals surface area (Å²) in [6, 6.07) is 7.63. The molecule has 0 aliphatic rings. The average Bonchev–Trinajstić information content (AvgIpc) is 2.50. The van der Waals surface area contributed by atoms with Crippen LogP contribution in [-0.4, -0.2) is 16.6 Å². The summed E-state index contributed by atoms with van der Waals surface area (Å²) >= 11 is 11.9. The molecule has 10 heteroatoms. The largest absolute Gasteiger partial charge is 0.321 e. The molecule has 0 saturated heterocycles. The number of nitrogens with one attached hydrogen (secondary N) is 1. The highest BCUT2D eigenvalue weighted by Gasteiger charge is 2.19. The van der Waals surface area contributed by atoms with Crippen LogP contribution in [0.1, 0.15) is 10.4 Å². The molecular weight excluding hydrogens is 385 g/mol. The Morgan fingerprint density at radius 1 is 1.21 bits per heavy atom. The van der Waals surface area contributed by atoms with E-state index in [-0.39, 0.29) is 43.6 Å². The number of carbonyl (C=O) groups excluding carboxylic acids is 1. The Morgan fingerprint density at radius 3 is 2.54 bits per heavy atom. The number of nitro groups is 1. The van der Waals surface area contributed by atoms with Gasteiger partial charge in [-0.05, 0) is 18.2 Å². The van der Waals surface area contributed by atoms with E-state index in [1.165, 1.54) is 24.3 Å². The van der Waals surface area contributed by atoms with E-state index < -0.39 is 16.6 Å². The highest BCUT2D eigenvalue weighted by atomic mass is 35.5. The molecule has 0 atom stereocenters. The van der Waals surface area contributed by atoms with E-state index in [0.717, 1.165) is 12.1 Å². The summed E-state index contributed by atoms with van der Waals surface area (Å²) in [5, 5.41) is 13.2. The van der Waals surface area contributed by atoms with Gasteiger partial charge < -0.3 is 5.32 Å². The van der Waals surface area contributed by atoms with E-state index in [9.17, 15) is 23.7 Å². The lowest BCUT2D eigenvalue weighted by molar-refractivity contribution is -0.384. The first-order valence-corrected chi connectivity index (χ1v) is 7.91. The van der Waals surface area contributed by atoms with Crippen LogP contribution in [0.4, 0.5) is 20.2 Å². The molecule has 0 saturated carbocycles. The van der Waals surface area contributed by atoms with E-state index in [4.69, 9.17) is 23.2 Å². The number of amides is 1. The van der Waals surface area contributed by atoms with Crippen LogP contribution in [0.3, 0.4) is 0 Å². The number of thioether (sulfide) groups is 1. The zero-order valence-electron chi connectivity index (χ0n) is 11.6. The average molecular weight is 393 g/mol. The molecule has 1 amide bonds. The second kappa shape index (κ2) is 7.78. The van der Waals surface area contributed by atoms with Gasteiger partial charge >= 0.3 is 0 Å². The van der Waals surface area contributed by atoms with Gasteiger partial charge in [0.15, 0.2) is 0 Å². The maximum atomic E-state index is 12.6. The van der Waals surface area contributed by atoms with Gasteiger partial charge in [0.25, 0.3) is 17.4 Å². The summed E-state index contributed by atoms with van der Waals surface area (Å²) in [6.07, 6.45) is 0. The molecule has 0 heterocycles. The van der Waals surface area contributed by atoms with E-state index in [1.807, 2.05) is 0 Å².